The third kappa shape index (κ3) is 10.8. The van der Waals surface area contributed by atoms with Gasteiger partial charge in [-0.05, 0) is 6.42 Å². The van der Waals surface area contributed by atoms with Gasteiger partial charge in [0.1, 0.15) is 13.1 Å². The molecule has 0 saturated heterocycles. The quantitative estimate of drug-likeness (QED) is 0.207. The highest BCUT2D eigenvalue weighted by atomic mass is 16.3. The van der Waals surface area contributed by atoms with Gasteiger partial charge in [-0.1, -0.05) is 95.5 Å². The fourth-order valence-corrected chi connectivity index (χ4v) is 4.13. The van der Waals surface area contributed by atoms with Gasteiger partial charge in [0.05, 0.1) is 13.7 Å². The average molecular weight is 406 g/mol. The second-order valence-electron chi connectivity index (χ2n) is 8.64. The number of rotatable bonds is 17. The Kier molecular flexibility index (Phi) is 13.7. The summed E-state index contributed by atoms with van der Waals surface area (Å²) in [5.41, 5.74) is 1.23. The van der Waals surface area contributed by atoms with Crippen LogP contribution in [0.4, 0.5) is 0 Å². The van der Waals surface area contributed by atoms with Gasteiger partial charge in [0.25, 0.3) is 0 Å². The van der Waals surface area contributed by atoms with Crippen molar-refractivity contribution in [3.05, 3.63) is 35.9 Å². The van der Waals surface area contributed by atoms with E-state index in [-0.39, 0.29) is 18.7 Å². The largest absolute Gasteiger partial charge is 0.391 e. The van der Waals surface area contributed by atoms with Gasteiger partial charge in [-0.15, -0.1) is 0 Å². The minimum atomic E-state index is 0.0217. The molecule has 0 bridgehead atoms. The molecule has 2 unspecified atom stereocenters. The zero-order valence-corrected chi connectivity index (χ0v) is 19.2. The molecule has 0 aliphatic heterocycles. The van der Waals surface area contributed by atoms with E-state index in [9.17, 15) is 9.90 Å². The number of hydrogen-bond donors (Lipinski definition) is 2. The van der Waals surface area contributed by atoms with Crippen LogP contribution in [0.15, 0.2) is 30.3 Å². The second-order valence-corrected chi connectivity index (χ2v) is 8.64. The number of likely N-dealkylation sites (N-methyl/N-ethyl adjacent to an activating group) is 1. The van der Waals surface area contributed by atoms with E-state index in [1.165, 1.54) is 50.5 Å². The average Bonchev–Trinajstić information content (AvgIpc) is 2.71. The summed E-state index contributed by atoms with van der Waals surface area (Å²) in [6, 6.07) is 10.3. The van der Waals surface area contributed by atoms with Crippen molar-refractivity contribution in [2.45, 2.75) is 97.2 Å². The van der Waals surface area contributed by atoms with Crippen molar-refractivity contribution in [1.82, 2.24) is 5.32 Å². The molecule has 29 heavy (non-hydrogen) atoms. The van der Waals surface area contributed by atoms with Crippen molar-refractivity contribution in [2.75, 3.05) is 20.2 Å². The first-order valence-corrected chi connectivity index (χ1v) is 11.8. The Hall–Kier alpha value is -1.39. The molecule has 0 heterocycles. The van der Waals surface area contributed by atoms with E-state index in [1.54, 1.807) is 0 Å². The Morgan fingerprint density at radius 2 is 1.55 bits per heavy atom. The molecule has 4 heteroatoms. The lowest BCUT2D eigenvalue weighted by Gasteiger charge is -2.41. The molecule has 1 aromatic rings. The van der Waals surface area contributed by atoms with Gasteiger partial charge in [0, 0.05) is 18.4 Å². The normalized spacial score (nSPS) is 14.3. The topological polar surface area (TPSA) is 49.3 Å². The predicted octanol–water partition coefficient (Wildman–Crippen LogP) is 5.40. The molecule has 2 atom stereocenters. The minimum Gasteiger partial charge on any atom is -0.391 e. The van der Waals surface area contributed by atoms with Crippen LogP contribution in [0.2, 0.25) is 0 Å². The third-order valence-corrected chi connectivity index (χ3v) is 5.97. The summed E-state index contributed by atoms with van der Waals surface area (Å²) in [5.74, 6) is 0.148. The summed E-state index contributed by atoms with van der Waals surface area (Å²) in [7, 11) is 2.14. The lowest BCUT2D eigenvalue weighted by molar-refractivity contribution is -0.948. The van der Waals surface area contributed by atoms with Crippen LogP contribution < -0.4 is 5.32 Å². The molecule has 0 aliphatic carbocycles. The number of nitrogens with one attached hydrogen (secondary N) is 1. The summed E-state index contributed by atoms with van der Waals surface area (Å²) < 4.78 is 0.626. The first-order valence-electron chi connectivity index (χ1n) is 11.8. The van der Waals surface area contributed by atoms with Gasteiger partial charge in [-0.3, -0.25) is 4.79 Å². The number of carbonyl (C=O) groups is 1. The van der Waals surface area contributed by atoms with Crippen LogP contribution >= 0.6 is 0 Å². The van der Waals surface area contributed by atoms with Crippen molar-refractivity contribution in [3.8, 4) is 0 Å². The van der Waals surface area contributed by atoms with E-state index in [0.29, 0.717) is 17.4 Å². The van der Waals surface area contributed by atoms with Crippen molar-refractivity contribution < 1.29 is 14.4 Å². The molecule has 0 aliphatic rings. The zero-order chi connectivity index (χ0) is 21.4. The minimum absolute atomic E-state index is 0.0217. The fraction of sp³-hybridized carbons (Fsp3) is 0.720. The van der Waals surface area contributed by atoms with Crippen LogP contribution in [-0.2, 0) is 11.3 Å². The molecule has 166 valence electrons. The molecule has 0 fully saturated rings. The molecule has 0 spiro atoms. The second kappa shape index (κ2) is 15.4. The highest BCUT2D eigenvalue weighted by molar-refractivity contribution is 5.75. The van der Waals surface area contributed by atoms with Crippen LogP contribution in [0.25, 0.3) is 0 Å². The predicted molar refractivity (Wildman–Crippen MR) is 122 cm³/mol. The highest BCUT2D eigenvalue weighted by Gasteiger charge is 2.32. The first-order chi connectivity index (χ1) is 14.1. The standard InChI is InChI=1S/C25H44N2O2/c1-4-6-7-8-9-10-11-12-16-19-25(29)26-24(5-2)27(3,20-21-28)22-23-17-14-13-15-18-23/h13-15,17-18,24,28H,4-12,16,19-22H2,1-3H3/p+1. The van der Waals surface area contributed by atoms with Gasteiger partial charge in [0.2, 0.25) is 5.91 Å². The van der Waals surface area contributed by atoms with E-state index in [4.69, 9.17) is 0 Å². The summed E-state index contributed by atoms with van der Waals surface area (Å²) in [6.45, 7) is 5.92. The molecule has 0 saturated carbocycles. The van der Waals surface area contributed by atoms with Gasteiger partial charge in [-0.2, -0.15) is 0 Å². The lowest BCUT2D eigenvalue weighted by atomic mass is 10.1. The molecule has 0 radical (unpaired) electrons. The number of quaternary nitrogens is 1. The van der Waals surface area contributed by atoms with Crippen LogP contribution in [0.3, 0.4) is 0 Å². The molecule has 0 aromatic heterocycles. The Balaban J connectivity index is 2.39. The van der Waals surface area contributed by atoms with Crippen LogP contribution in [-0.4, -0.2) is 41.9 Å². The number of aliphatic hydroxyl groups is 1. The molecule has 1 rings (SSSR count). The molecular formula is C25H45N2O2+. The van der Waals surface area contributed by atoms with Gasteiger partial charge >= 0.3 is 0 Å². The summed E-state index contributed by atoms with van der Waals surface area (Å²) >= 11 is 0. The van der Waals surface area contributed by atoms with Crippen molar-refractivity contribution in [2.24, 2.45) is 0 Å². The smallest absolute Gasteiger partial charge is 0.224 e. The summed E-state index contributed by atoms with van der Waals surface area (Å²) in [4.78, 5) is 12.5. The van der Waals surface area contributed by atoms with Crippen LogP contribution in [0.5, 0.6) is 0 Å². The van der Waals surface area contributed by atoms with E-state index in [0.717, 1.165) is 25.8 Å². The number of unbranched alkanes of at least 4 members (excludes halogenated alkanes) is 8. The number of benzene rings is 1. The van der Waals surface area contributed by atoms with E-state index in [1.807, 2.05) is 18.2 Å². The fourth-order valence-electron chi connectivity index (χ4n) is 4.13. The van der Waals surface area contributed by atoms with Crippen molar-refractivity contribution >= 4 is 5.91 Å². The number of amides is 1. The van der Waals surface area contributed by atoms with Crippen LogP contribution in [0, 0.1) is 0 Å². The van der Waals surface area contributed by atoms with Gasteiger partial charge < -0.3 is 14.9 Å². The van der Waals surface area contributed by atoms with E-state index in [2.05, 4.69) is 38.3 Å². The number of aliphatic hydroxyl groups excluding tert-OH is 1. The maximum Gasteiger partial charge on any atom is 0.224 e. The Labute approximate surface area is 179 Å². The molecular weight excluding hydrogens is 360 g/mol. The number of nitrogens with zero attached hydrogens (tertiary/aromatic N) is 1. The van der Waals surface area contributed by atoms with Gasteiger partial charge in [-0.25, -0.2) is 0 Å². The number of hydrogen-bond acceptors (Lipinski definition) is 2. The third-order valence-electron chi connectivity index (χ3n) is 5.97. The van der Waals surface area contributed by atoms with Crippen molar-refractivity contribution in [3.63, 3.8) is 0 Å². The molecule has 2 N–H and O–H groups in total. The molecule has 1 aromatic carbocycles. The summed E-state index contributed by atoms with van der Waals surface area (Å²) in [5, 5.41) is 12.9. The Morgan fingerprint density at radius 3 is 2.10 bits per heavy atom. The Bertz CT molecular complexity index is 535. The Morgan fingerprint density at radius 1 is 0.966 bits per heavy atom. The zero-order valence-electron chi connectivity index (χ0n) is 19.2. The molecule has 4 nitrogen and oxygen atoms in total. The van der Waals surface area contributed by atoms with E-state index < -0.39 is 0 Å². The van der Waals surface area contributed by atoms with E-state index >= 15 is 0 Å². The monoisotopic (exact) mass is 405 g/mol. The highest BCUT2D eigenvalue weighted by Crippen LogP contribution is 2.18. The first kappa shape index (κ1) is 25.6. The van der Waals surface area contributed by atoms with Gasteiger partial charge in [0.15, 0.2) is 6.17 Å². The summed E-state index contributed by atoms with van der Waals surface area (Å²) in [6.07, 6.45) is 12.9. The van der Waals surface area contributed by atoms with Crippen molar-refractivity contribution in [1.29, 1.82) is 0 Å². The maximum atomic E-state index is 12.5. The molecule has 1 amide bonds. The number of carbonyl (C=O) groups excluding carboxylic acids is 1. The van der Waals surface area contributed by atoms with Crippen LogP contribution in [0.1, 0.15) is 90.0 Å². The maximum absolute atomic E-state index is 12.5. The SMILES string of the molecule is CCCCCCCCCCCC(=O)NC(CC)[N+](C)(CCO)Cc1ccccc1. The lowest BCUT2D eigenvalue weighted by Crippen LogP contribution is -2.60.